The topological polar surface area (TPSA) is 73.9 Å². The van der Waals surface area contributed by atoms with Crippen LogP contribution in [0.3, 0.4) is 0 Å². The molecule has 2 aromatic rings. The highest BCUT2D eigenvalue weighted by molar-refractivity contribution is 6.04. The van der Waals surface area contributed by atoms with Crippen molar-refractivity contribution in [3.8, 4) is 11.5 Å². The Morgan fingerprint density at radius 2 is 1.78 bits per heavy atom. The number of allylic oxidation sites excluding steroid dienone is 3. The van der Waals surface area contributed by atoms with Gasteiger partial charge in [-0.15, -0.1) is 0 Å². The summed E-state index contributed by atoms with van der Waals surface area (Å²) in [5.74, 6) is 0.410. The summed E-state index contributed by atoms with van der Waals surface area (Å²) >= 11 is 0. The fraction of sp³-hybridized carbons (Fsp3) is 0.308. The van der Waals surface area contributed by atoms with Crippen LogP contribution < -0.4 is 14.8 Å². The fourth-order valence-corrected chi connectivity index (χ4v) is 4.36. The van der Waals surface area contributed by atoms with Gasteiger partial charge in [-0.2, -0.15) is 0 Å². The predicted molar refractivity (Wildman–Crippen MR) is 120 cm³/mol. The van der Waals surface area contributed by atoms with Crippen LogP contribution in [0.5, 0.6) is 11.5 Å². The van der Waals surface area contributed by atoms with E-state index in [0.717, 1.165) is 24.1 Å². The molecule has 166 valence electrons. The Labute approximate surface area is 187 Å². The first kappa shape index (κ1) is 21.7. The van der Waals surface area contributed by atoms with E-state index in [4.69, 9.17) is 14.2 Å². The fourth-order valence-electron chi connectivity index (χ4n) is 4.36. The van der Waals surface area contributed by atoms with E-state index in [1.54, 1.807) is 7.11 Å². The van der Waals surface area contributed by atoms with Crippen molar-refractivity contribution in [2.24, 2.45) is 0 Å². The van der Waals surface area contributed by atoms with Crippen LogP contribution in [0.25, 0.3) is 0 Å². The number of Topliss-reactive ketones (excluding diaryl/α,β-unsaturated/α-hetero) is 1. The number of ether oxygens (including phenoxy) is 3. The third kappa shape index (κ3) is 4.40. The molecular weight excluding hydrogens is 406 g/mol. The summed E-state index contributed by atoms with van der Waals surface area (Å²) in [5.41, 5.74) is 3.44. The van der Waals surface area contributed by atoms with E-state index in [1.807, 2.05) is 61.5 Å². The van der Waals surface area contributed by atoms with Gasteiger partial charge in [0.25, 0.3) is 0 Å². The van der Waals surface area contributed by atoms with Crippen LogP contribution in [0.1, 0.15) is 37.7 Å². The minimum atomic E-state index is -0.530. The molecule has 0 spiro atoms. The lowest BCUT2D eigenvalue weighted by Crippen LogP contribution is -2.34. The normalized spacial score (nSPS) is 18.1. The van der Waals surface area contributed by atoms with Crippen molar-refractivity contribution in [2.45, 2.75) is 32.1 Å². The largest absolute Gasteiger partial charge is 0.496 e. The predicted octanol–water partition coefficient (Wildman–Crippen LogP) is 4.29. The van der Waals surface area contributed by atoms with Crippen molar-refractivity contribution in [3.63, 3.8) is 0 Å². The molecule has 0 amide bonds. The number of rotatable bonds is 7. The maximum atomic E-state index is 13.2. The minimum absolute atomic E-state index is 0.0554. The number of hydrogen-bond acceptors (Lipinski definition) is 6. The first-order chi connectivity index (χ1) is 15.6. The molecule has 1 unspecified atom stereocenters. The van der Waals surface area contributed by atoms with Crippen LogP contribution in [0, 0.1) is 0 Å². The second kappa shape index (κ2) is 9.73. The third-order valence-electron chi connectivity index (χ3n) is 5.77. The number of para-hydroxylation sites is 2. The van der Waals surface area contributed by atoms with E-state index >= 15 is 0 Å². The Balaban J connectivity index is 1.60. The molecule has 32 heavy (non-hydrogen) atoms. The molecule has 0 saturated carbocycles. The number of esters is 1. The van der Waals surface area contributed by atoms with E-state index in [-0.39, 0.29) is 19.0 Å². The summed E-state index contributed by atoms with van der Waals surface area (Å²) in [7, 11) is 1.59. The molecule has 0 radical (unpaired) electrons. The van der Waals surface area contributed by atoms with Gasteiger partial charge in [-0.05, 0) is 38.0 Å². The zero-order chi connectivity index (χ0) is 22.5. The molecule has 1 aliphatic carbocycles. The van der Waals surface area contributed by atoms with Crippen molar-refractivity contribution < 1.29 is 23.8 Å². The summed E-state index contributed by atoms with van der Waals surface area (Å²) < 4.78 is 16.8. The lowest BCUT2D eigenvalue weighted by Gasteiger charge is -2.34. The number of carbonyl (C=O) groups excluding carboxylic acids is 2. The van der Waals surface area contributed by atoms with Gasteiger partial charge in [-0.25, -0.2) is 4.79 Å². The highest BCUT2D eigenvalue weighted by Crippen LogP contribution is 2.45. The Hall–Kier alpha value is -3.54. The minimum Gasteiger partial charge on any atom is -0.496 e. The molecule has 0 saturated heterocycles. The highest BCUT2D eigenvalue weighted by atomic mass is 16.6. The Bertz CT molecular complexity index is 1070. The average molecular weight is 434 g/mol. The zero-order valence-corrected chi connectivity index (χ0v) is 18.4. The molecule has 6 heteroatoms. The maximum Gasteiger partial charge on any atom is 0.336 e. The Morgan fingerprint density at radius 1 is 1.03 bits per heavy atom. The lowest BCUT2D eigenvalue weighted by atomic mass is 9.75. The summed E-state index contributed by atoms with van der Waals surface area (Å²) in [4.78, 5) is 26.2. The maximum absolute atomic E-state index is 13.2. The van der Waals surface area contributed by atoms with Gasteiger partial charge in [0.1, 0.15) is 24.7 Å². The molecular formula is C26H27NO5. The standard InChI is InChI=1S/C26H27NO5/c1-17-23(26(29)32-16-15-31-18-9-4-3-5-10-18)24(19-11-6-7-14-22(19)30-2)25-20(27-17)12-8-13-21(25)28/h3-7,9-11,14,24,27H,8,12-13,15-16H2,1-2H3. The average Bonchev–Trinajstić information content (AvgIpc) is 2.81. The summed E-state index contributed by atoms with van der Waals surface area (Å²) in [6.07, 6.45) is 2.04. The van der Waals surface area contributed by atoms with Gasteiger partial charge in [0.15, 0.2) is 5.78 Å². The van der Waals surface area contributed by atoms with E-state index < -0.39 is 11.9 Å². The van der Waals surface area contributed by atoms with Gasteiger partial charge < -0.3 is 19.5 Å². The van der Waals surface area contributed by atoms with Crippen LogP contribution in [0.2, 0.25) is 0 Å². The van der Waals surface area contributed by atoms with Crippen molar-refractivity contribution in [1.82, 2.24) is 5.32 Å². The number of methoxy groups -OCH3 is 1. The number of hydrogen-bond donors (Lipinski definition) is 1. The van der Waals surface area contributed by atoms with Gasteiger partial charge in [-0.3, -0.25) is 4.79 Å². The van der Waals surface area contributed by atoms with Gasteiger partial charge in [-0.1, -0.05) is 36.4 Å². The van der Waals surface area contributed by atoms with Crippen molar-refractivity contribution in [3.05, 3.63) is 82.7 Å². The van der Waals surface area contributed by atoms with Gasteiger partial charge in [0.05, 0.1) is 18.6 Å². The van der Waals surface area contributed by atoms with E-state index in [9.17, 15) is 9.59 Å². The quantitative estimate of drug-likeness (QED) is 0.519. The lowest BCUT2D eigenvalue weighted by molar-refractivity contribution is -0.140. The number of carbonyl (C=O) groups is 2. The van der Waals surface area contributed by atoms with Crippen LogP contribution >= 0.6 is 0 Å². The van der Waals surface area contributed by atoms with Crippen LogP contribution in [-0.4, -0.2) is 32.1 Å². The molecule has 1 atom stereocenters. The van der Waals surface area contributed by atoms with Crippen molar-refractivity contribution >= 4 is 11.8 Å². The molecule has 0 aromatic heterocycles. The van der Waals surface area contributed by atoms with E-state index in [1.165, 1.54) is 0 Å². The second-order valence-electron chi connectivity index (χ2n) is 7.81. The van der Waals surface area contributed by atoms with Crippen molar-refractivity contribution in [1.29, 1.82) is 0 Å². The van der Waals surface area contributed by atoms with E-state index in [0.29, 0.717) is 34.8 Å². The van der Waals surface area contributed by atoms with E-state index in [2.05, 4.69) is 5.32 Å². The van der Waals surface area contributed by atoms with Crippen molar-refractivity contribution in [2.75, 3.05) is 20.3 Å². The van der Waals surface area contributed by atoms with Gasteiger partial charge in [0.2, 0.25) is 0 Å². The smallest absolute Gasteiger partial charge is 0.336 e. The van der Waals surface area contributed by atoms with Crippen LogP contribution in [0.4, 0.5) is 0 Å². The zero-order valence-electron chi connectivity index (χ0n) is 18.4. The number of dihydropyridines is 1. The Kier molecular flexibility index (Phi) is 6.59. The molecule has 1 N–H and O–H groups in total. The molecule has 4 rings (SSSR count). The Morgan fingerprint density at radius 3 is 2.56 bits per heavy atom. The molecule has 6 nitrogen and oxygen atoms in total. The molecule has 2 aliphatic rings. The van der Waals surface area contributed by atoms with Gasteiger partial charge in [0, 0.05) is 29.0 Å². The van der Waals surface area contributed by atoms with Crippen LogP contribution in [-0.2, 0) is 14.3 Å². The molecule has 0 bridgehead atoms. The summed E-state index contributed by atoms with van der Waals surface area (Å²) in [6, 6.07) is 16.9. The number of benzene rings is 2. The molecule has 0 fully saturated rings. The van der Waals surface area contributed by atoms with Gasteiger partial charge >= 0.3 is 5.97 Å². The highest BCUT2D eigenvalue weighted by Gasteiger charge is 2.40. The molecule has 1 heterocycles. The molecule has 2 aromatic carbocycles. The third-order valence-corrected chi connectivity index (χ3v) is 5.77. The SMILES string of the molecule is COc1ccccc1C1C(C(=O)OCCOc2ccccc2)=C(C)NC2=C1C(=O)CCC2. The summed E-state index contributed by atoms with van der Waals surface area (Å²) in [5, 5.41) is 3.30. The molecule has 1 aliphatic heterocycles. The number of nitrogens with one attached hydrogen (secondary N) is 1. The van der Waals surface area contributed by atoms with Crippen LogP contribution in [0.15, 0.2) is 77.1 Å². The monoisotopic (exact) mass is 433 g/mol. The first-order valence-electron chi connectivity index (χ1n) is 10.8. The number of ketones is 1. The first-order valence-corrected chi connectivity index (χ1v) is 10.8. The second-order valence-corrected chi connectivity index (χ2v) is 7.81. The summed E-state index contributed by atoms with van der Waals surface area (Å²) in [6.45, 7) is 2.19.